The number of carbonyl (C=O) groups is 2. The van der Waals surface area contributed by atoms with Crippen LogP contribution in [0.5, 0.6) is 0 Å². The lowest BCUT2D eigenvalue weighted by Gasteiger charge is -2.53. The number of esters is 1. The molecule has 1 saturated heterocycles. The number of aryl methyl sites for hydroxylation is 1. The van der Waals surface area contributed by atoms with Crippen LogP contribution in [0.25, 0.3) is 0 Å². The molecule has 2 aliphatic heterocycles. The maximum Gasteiger partial charge on any atom is 0.326 e. The van der Waals surface area contributed by atoms with Crippen LogP contribution in [0.3, 0.4) is 0 Å². The van der Waals surface area contributed by atoms with E-state index in [1.54, 1.807) is 57.0 Å². The van der Waals surface area contributed by atoms with Crippen molar-refractivity contribution in [3.8, 4) is 0 Å². The number of nitrogens with zero attached hydrogens (tertiary/aromatic N) is 1. The summed E-state index contributed by atoms with van der Waals surface area (Å²) in [5.41, 5.74) is 1.33. The predicted octanol–water partition coefficient (Wildman–Crippen LogP) is 9.50. The van der Waals surface area contributed by atoms with Crippen LogP contribution in [0.1, 0.15) is 61.4 Å². The number of methoxy groups -OCH3 is 1. The number of halogens is 3. The molecule has 5 rings (SSSR count). The summed E-state index contributed by atoms with van der Waals surface area (Å²) in [5, 5.41) is 4.02. The molecule has 6 nitrogen and oxygen atoms in total. The highest BCUT2D eigenvalue weighted by atomic mass is 35.5. The molecule has 0 aromatic heterocycles. The fourth-order valence-corrected chi connectivity index (χ4v) is 8.03. The summed E-state index contributed by atoms with van der Waals surface area (Å²) < 4.78 is 25.5. The Balaban J connectivity index is 0.000000579. The highest BCUT2D eigenvalue weighted by Crippen LogP contribution is 2.60. The summed E-state index contributed by atoms with van der Waals surface area (Å²) in [6.45, 7) is 15.0. The van der Waals surface area contributed by atoms with Crippen molar-refractivity contribution in [3.05, 3.63) is 98.8 Å². The summed E-state index contributed by atoms with van der Waals surface area (Å²) in [4.78, 5) is 29.9. The van der Waals surface area contributed by atoms with Gasteiger partial charge in [0.1, 0.15) is 23.4 Å². The van der Waals surface area contributed by atoms with Gasteiger partial charge in [0.15, 0.2) is 0 Å². The summed E-state index contributed by atoms with van der Waals surface area (Å²) >= 11 is 18.7. The van der Waals surface area contributed by atoms with Crippen LogP contribution in [-0.2, 0) is 24.5 Å². The zero-order valence-electron chi connectivity index (χ0n) is 28.9. The molecule has 11 heteroatoms. The number of piperidine rings is 1. The summed E-state index contributed by atoms with van der Waals surface area (Å²) in [5.74, 6) is -1.73. The molecule has 3 atom stereocenters. The van der Waals surface area contributed by atoms with E-state index in [0.717, 1.165) is 17.7 Å². The Bertz CT molecular complexity index is 1690. The number of anilines is 1. The molecule has 0 bridgehead atoms. The monoisotopic (exact) mass is 730 g/mol. The smallest absolute Gasteiger partial charge is 0.326 e. The predicted molar refractivity (Wildman–Crippen MR) is 200 cm³/mol. The molecule has 1 amide bonds. The molecule has 0 unspecified atom stereocenters. The van der Waals surface area contributed by atoms with Crippen LogP contribution in [0, 0.1) is 12.7 Å². The Kier molecular flexibility index (Phi) is 11.8. The van der Waals surface area contributed by atoms with Crippen molar-refractivity contribution in [1.29, 1.82) is 0 Å². The number of thiocarbonyl (C=S) groups is 1. The largest absolute Gasteiger partial charge is 0.459 e. The highest BCUT2D eigenvalue weighted by molar-refractivity contribution is 7.80. The third kappa shape index (κ3) is 8.48. The topological polar surface area (TPSA) is 67.9 Å². The number of rotatable bonds is 7. The molecule has 1 N–H and O–H groups in total. The van der Waals surface area contributed by atoms with E-state index in [9.17, 15) is 14.0 Å². The maximum absolute atomic E-state index is 14.9. The number of nitrogens with one attached hydrogen (secondary N) is 1. The molecule has 1 fully saturated rings. The standard InChI is InChI=1S/C31H29Cl2FN2O3S.C6H16OSi/c1-17-8-10-21(34)14-22(17)28-31(23-11-9-20(33)13-25(23)35-29(31)38)24(18-6-5-7-19(32)12-18)15-26(40)36(28)16-27(37)39-30(2,3)4;1-7-5-6-8(2,3)4/h5-14,24,28H,15-16H2,1-4H3,(H,35,38);5-6H2,1-4H3/t24-,28+,31-;/m0./s1. The van der Waals surface area contributed by atoms with Crippen LogP contribution >= 0.6 is 35.4 Å². The summed E-state index contributed by atoms with van der Waals surface area (Å²) in [6.07, 6.45) is 0.277. The molecule has 1 spiro atoms. The van der Waals surface area contributed by atoms with E-state index < -0.39 is 42.8 Å². The van der Waals surface area contributed by atoms with E-state index in [1.165, 1.54) is 18.2 Å². The van der Waals surface area contributed by atoms with Crippen LogP contribution < -0.4 is 5.32 Å². The van der Waals surface area contributed by atoms with E-state index >= 15 is 0 Å². The first-order valence-electron chi connectivity index (χ1n) is 16.0. The summed E-state index contributed by atoms with van der Waals surface area (Å²) in [7, 11) is 0.961. The Morgan fingerprint density at radius 2 is 1.77 bits per heavy atom. The molecule has 0 aliphatic carbocycles. The third-order valence-corrected chi connectivity index (χ3v) is 11.2. The second kappa shape index (κ2) is 15.0. The van der Waals surface area contributed by atoms with Gasteiger partial charge < -0.3 is 19.7 Å². The minimum Gasteiger partial charge on any atom is -0.459 e. The Hall–Kier alpha value is -2.82. The van der Waals surface area contributed by atoms with Crippen LogP contribution in [-0.4, -0.2) is 55.7 Å². The van der Waals surface area contributed by atoms with Crippen molar-refractivity contribution in [2.45, 2.75) is 82.8 Å². The molecule has 3 aromatic carbocycles. The van der Waals surface area contributed by atoms with Gasteiger partial charge in [0.25, 0.3) is 0 Å². The molecular weight excluding hydrogens is 686 g/mol. The third-order valence-electron chi connectivity index (χ3n) is 8.61. The molecule has 2 heterocycles. The highest BCUT2D eigenvalue weighted by Gasteiger charge is 2.63. The van der Waals surface area contributed by atoms with Gasteiger partial charge in [-0.15, -0.1) is 0 Å². The zero-order valence-corrected chi connectivity index (χ0v) is 32.2. The average molecular weight is 732 g/mol. The Labute approximate surface area is 300 Å². The lowest BCUT2D eigenvalue weighted by molar-refractivity contribution is -0.156. The first-order valence-corrected chi connectivity index (χ1v) is 20.9. The fourth-order valence-electron chi connectivity index (χ4n) is 6.50. The second-order valence-corrected chi connectivity index (χ2v) is 21.6. The number of likely N-dealkylation sites (tertiary alicyclic amines) is 1. The van der Waals surface area contributed by atoms with Crippen LogP contribution in [0.2, 0.25) is 35.7 Å². The lowest BCUT2D eigenvalue weighted by atomic mass is 9.58. The lowest BCUT2D eigenvalue weighted by Crippen LogP contribution is -2.59. The molecule has 0 saturated carbocycles. The zero-order chi connectivity index (χ0) is 35.6. The van der Waals surface area contributed by atoms with Crippen molar-refractivity contribution in [2.75, 3.05) is 25.6 Å². The number of fused-ring (bicyclic) bond motifs is 2. The van der Waals surface area contributed by atoms with E-state index in [1.807, 2.05) is 31.2 Å². The van der Waals surface area contributed by atoms with Gasteiger partial charge >= 0.3 is 5.97 Å². The van der Waals surface area contributed by atoms with Crippen LogP contribution in [0.4, 0.5) is 10.1 Å². The number of ether oxygens (including phenoxy) is 2. The molecule has 0 radical (unpaired) electrons. The van der Waals surface area contributed by atoms with Crippen molar-refractivity contribution in [3.63, 3.8) is 0 Å². The number of amides is 1. The summed E-state index contributed by atoms with van der Waals surface area (Å²) in [6, 6.07) is 17.5. The van der Waals surface area contributed by atoms with E-state index in [4.69, 9.17) is 44.9 Å². The molecule has 2 aliphatic rings. The van der Waals surface area contributed by atoms with Crippen molar-refractivity contribution >= 4 is 66.0 Å². The average Bonchev–Trinajstić information content (AvgIpc) is 3.25. The number of hydrogen-bond donors (Lipinski definition) is 1. The Morgan fingerprint density at radius 1 is 1.08 bits per heavy atom. The minimum absolute atomic E-state index is 0.211. The van der Waals surface area contributed by atoms with Gasteiger partial charge in [-0.3, -0.25) is 9.59 Å². The van der Waals surface area contributed by atoms with Crippen LogP contribution in [0.15, 0.2) is 60.7 Å². The number of carbonyl (C=O) groups excluding carboxylic acids is 2. The molecule has 3 aromatic rings. The van der Waals surface area contributed by atoms with Crippen molar-refractivity contribution in [1.82, 2.24) is 4.90 Å². The van der Waals surface area contributed by atoms with E-state index in [0.29, 0.717) is 31.8 Å². The van der Waals surface area contributed by atoms with Gasteiger partial charge in [-0.25, -0.2) is 4.39 Å². The number of hydrogen-bond acceptors (Lipinski definition) is 5. The molecule has 48 heavy (non-hydrogen) atoms. The molecule has 258 valence electrons. The van der Waals surface area contributed by atoms with E-state index in [2.05, 4.69) is 25.0 Å². The second-order valence-electron chi connectivity index (χ2n) is 14.6. The van der Waals surface area contributed by atoms with Gasteiger partial charge in [0, 0.05) is 49.9 Å². The maximum atomic E-state index is 14.9. The van der Waals surface area contributed by atoms with Gasteiger partial charge in [0.2, 0.25) is 5.91 Å². The van der Waals surface area contributed by atoms with Crippen molar-refractivity contribution in [2.24, 2.45) is 0 Å². The van der Waals surface area contributed by atoms with Gasteiger partial charge in [-0.1, -0.05) is 79.3 Å². The fraction of sp³-hybridized carbons (Fsp3) is 0.432. The van der Waals surface area contributed by atoms with Crippen molar-refractivity contribution < 1.29 is 23.5 Å². The number of benzene rings is 3. The van der Waals surface area contributed by atoms with Gasteiger partial charge in [-0.05, 0) is 92.4 Å². The van der Waals surface area contributed by atoms with Gasteiger partial charge in [-0.2, -0.15) is 0 Å². The van der Waals surface area contributed by atoms with Gasteiger partial charge in [0.05, 0.1) is 11.0 Å². The minimum atomic E-state index is -1.31. The normalized spacial score (nSPS) is 20.6. The SMILES string of the molecule is COCC[Si](C)(C)C.Cc1ccc(F)cc1[C@H]1N(CC(=O)OC(C)(C)C)C(=S)C[C@@H](c2cccc(Cl)c2)[C@]12C(=O)Nc1cc(Cl)ccc12. The molecular formula is C37H45Cl2FN2O4SSi. The first-order chi connectivity index (χ1) is 22.4. The first kappa shape index (κ1) is 38.0. The quantitative estimate of drug-likeness (QED) is 0.148. The van der Waals surface area contributed by atoms with E-state index in [-0.39, 0.29) is 18.9 Å². The Morgan fingerprint density at radius 3 is 2.38 bits per heavy atom.